The van der Waals surface area contributed by atoms with Crippen LogP contribution in [-0.2, 0) is 0 Å². The highest BCUT2D eigenvalue weighted by atomic mass is 35.5. The van der Waals surface area contributed by atoms with E-state index in [2.05, 4.69) is 35.8 Å². The molecule has 1 fully saturated rings. The topological polar surface area (TPSA) is 120 Å². The smallest absolute Gasteiger partial charge is 0.191 e. The summed E-state index contributed by atoms with van der Waals surface area (Å²) in [6, 6.07) is 5.81. The molecule has 0 saturated heterocycles. The number of nitrogens with one attached hydrogen (secondary N) is 4. The van der Waals surface area contributed by atoms with Crippen molar-refractivity contribution in [2.75, 3.05) is 5.32 Å². The molecule has 1 aliphatic carbocycles. The molecular formula is C19H21ClN8. The van der Waals surface area contributed by atoms with Crippen LogP contribution in [0, 0.1) is 0 Å². The highest BCUT2D eigenvalue weighted by Gasteiger charge is 2.36. The highest BCUT2D eigenvalue weighted by Crippen LogP contribution is 2.39. The fourth-order valence-electron chi connectivity index (χ4n) is 3.44. The van der Waals surface area contributed by atoms with Gasteiger partial charge in [0.25, 0.3) is 0 Å². The van der Waals surface area contributed by atoms with Gasteiger partial charge in [0.05, 0.1) is 27.7 Å². The van der Waals surface area contributed by atoms with Gasteiger partial charge in [-0.2, -0.15) is 5.10 Å². The second-order valence-corrected chi connectivity index (χ2v) is 7.81. The van der Waals surface area contributed by atoms with Gasteiger partial charge in [0.15, 0.2) is 11.6 Å². The number of hydrogen-bond acceptors (Lipinski definition) is 6. The van der Waals surface area contributed by atoms with E-state index in [0.717, 1.165) is 28.4 Å². The standard InChI is InChI=1S/C19H21ClN8/c1-10(18-12(20)8-15-13(24-18)4-6-22-15)19(21)23-7-5-16(26-19)25-17-9-14(27-28-17)11-2-3-11/h4-11,22,26H,2-3,21H2,1H3,(H2,25,27,28). The number of anilines is 1. The Hall–Kier alpha value is -2.84. The van der Waals surface area contributed by atoms with Crippen molar-refractivity contribution in [3.05, 3.63) is 52.7 Å². The van der Waals surface area contributed by atoms with Crippen LogP contribution in [0.1, 0.15) is 43.0 Å². The Labute approximate surface area is 166 Å². The van der Waals surface area contributed by atoms with Crippen molar-refractivity contribution < 1.29 is 0 Å². The van der Waals surface area contributed by atoms with Crippen LogP contribution in [0.3, 0.4) is 0 Å². The molecule has 9 heteroatoms. The van der Waals surface area contributed by atoms with Gasteiger partial charge in [0.1, 0.15) is 5.82 Å². The molecule has 8 nitrogen and oxygen atoms in total. The number of H-pyrrole nitrogens is 2. The second-order valence-electron chi connectivity index (χ2n) is 7.40. The Morgan fingerprint density at radius 1 is 1.36 bits per heavy atom. The number of aromatic nitrogens is 4. The third-order valence-corrected chi connectivity index (χ3v) is 5.63. The number of fused-ring (bicyclic) bond motifs is 1. The number of allylic oxidation sites excluding steroid dienone is 1. The monoisotopic (exact) mass is 396 g/mol. The fourth-order valence-corrected chi connectivity index (χ4v) is 3.76. The molecule has 2 atom stereocenters. The van der Waals surface area contributed by atoms with Crippen LogP contribution >= 0.6 is 11.6 Å². The maximum absolute atomic E-state index is 6.61. The van der Waals surface area contributed by atoms with Crippen LogP contribution < -0.4 is 16.4 Å². The molecule has 0 aromatic carbocycles. The first-order chi connectivity index (χ1) is 13.5. The molecule has 3 aromatic rings. The molecule has 3 aromatic heterocycles. The summed E-state index contributed by atoms with van der Waals surface area (Å²) < 4.78 is 0. The number of nitrogens with zero attached hydrogens (tertiary/aromatic N) is 3. The van der Waals surface area contributed by atoms with E-state index in [9.17, 15) is 0 Å². The molecule has 0 amide bonds. The molecule has 28 heavy (non-hydrogen) atoms. The predicted molar refractivity (Wildman–Crippen MR) is 110 cm³/mol. The summed E-state index contributed by atoms with van der Waals surface area (Å²) in [5, 5.41) is 14.5. The minimum absolute atomic E-state index is 0.276. The lowest BCUT2D eigenvalue weighted by atomic mass is 9.97. The number of pyridine rings is 1. The van der Waals surface area contributed by atoms with Gasteiger partial charge in [0, 0.05) is 30.1 Å². The fraction of sp³-hybridized carbons (Fsp3) is 0.316. The predicted octanol–water partition coefficient (Wildman–Crippen LogP) is 3.16. The summed E-state index contributed by atoms with van der Waals surface area (Å²) in [7, 11) is 0. The second kappa shape index (κ2) is 6.35. The number of aromatic amines is 2. The lowest BCUT2D eigenvalue weighted by molar-refractivity contribution is 0.320. The van der Waals surface area contributed by atoms with E-state index in [1.54, 1.807) is 6.21 Å². The van der Waals surface area contributed by atoms with Gasteiger partial charge in [-0.15, -0.1) is 0 Å². The SMILES string of the molecule is CC(c1nc2cc[nH]c2cc1Cl)C1(N)N=CC=C(Nc2cc(C3CC3)[nH]n2)N1. The average molecular weight is 397 g/mol. The van der Waals surface area contributed by atoms with E-state index in [0.29, 0.717) is 16.6 Å². The van der Waals surface area contributed by atoms with E-state index >= 15 is 0 Å². The number of hydrogen-bond donors (Lipinski definition) is 5. The Kier molecular flexibility index (Phi) is 3.92. The average Bonchev–Trinajstić information content (AvgIpc) is 3.25. The molecule has 1 saturated carbocycles. The van der Waals surface area contributed by atoms with E-state index in [1.165, 1.54) is 12.8 Å². The van der Waals surface area contributed by atoms with Crippen LogP contribution in [0.15, 0.2) is 41.3 Å². The molecule has 0 radical (unpaired) electrons. The van der Waals surface area contributed by atoms with Gasteiger partial charge in [-0.05, 0) is 31.1 Å². The lowest BCUT2D eigenvalue weighted by Gasteiger charge is -2.36. The Balaban J connectivity index is 1.37. The molecule has 2 aliphatic rings. The van der Waals surface area contributed by atoms with Crippen molar-refractivity contribution in [2.24, 2.45) is 10.7 Å². The lowest BCUT2D eigenvalue weighted by Crippen LogP contribution is -2.57. The van der Waals surface area contributed by atoms with Gasteiger partial charge in [-0.25, -0.2) is 4.98 Å². The maximum Gasteiger partial charge on any atom is 0.191 e. The normalized spacial score (nSPS) is 22.8. The summed E-state index contributed by atoms with van der Waals surface area (Å²) in [6.07, 6.45) is 7.79. The van der Waals surface area contributed by atoms with E-state index in [-0.39, 0.29) is 5.92 Å². The summed E-state index contributed by atoms with van der Waals surface area (Å²) in [4.78, 5) is 12.3. The van der Waals surface area contributed by atoms with Crippen molar-refractivity contribution in [2.45, 2.75) is 37.4 Å². The third kappa shape index (κ3) is 3.04. The molecule has 1 aliphatic heterocycles. The van der Waals surface area contributed by atoms with Crippen molar-refractivity contribution >= 4 is 34.7 Å². The number of aliphatic imine (C=N–C) groups is 1. The van der Waals surface area contributed by atoms with Crippen LogP contribution in [0.2, 0.25) is 5.02 Å². The van der Waals surface area contributed by atoms with Gasteiger partial charge in [-0.3, -0.25) is 15.8 Å². The van der Waals surface area contributed by atoms with Crippen molar-refractivity contribution in [1.29, 1.82) is 0 Å². The quantitative estimate of drug-likeness (QED) is 0.453. The van der Waals surface area contributed by atoms with E-state index in [4.69, 9.17) is 17.3 Å². The first-order valence-corrected chi connectivity index (χ1v) is 9.68. The largest absolute Gasteiger partial charge is 0.360 e. The zero-order valence-electron chi connectivity index (χ0n) is 15.3. The van der Waals surface area contributed by atoms with E-state index < -0.39 is 5.79 Å². The number of rotatable bonds is 5. The molecule has 6 N–H and O–H groups in total. The Bertz CT molecular complexity index is 1090. The summed E-state index contributed by atoms with van der Waals surface area (Å²) in [5.74, 6) is 0.714. The number of nitrogens with two attached hydrogens (primary N) is 1. The summed E-state index contributed by atoms with van der Waals surface area (Å²) in [5.41, 5.74) is 10.2. The van der Waals surface area contributed by atoms with Crippen LogP contribution in [0.25, 0.3) is 11.0 Å². The molecule has 2 unspecified atom stereocenters. The van der Waals surface area contributed by atoms with Crippen LogP contribution in [-0.4, -0.2) is 32.2 Å². The molecule has 5 rings (SSSR count). The summed E-state index contributed by atoms with van der Waals surface area (Å²) >= 11 is 6.48. The highest BCUT2D eigenvalue weighted by molar-refractivity contribution is 6.31. The van der Waals surface area contributed by atoms with Crippen molar-refractivity contribution in [3.8, 4) is 0 Å². The van der Waals surface area contributed by atoms with Gasteiger partial charge in [0.2, 0.25) is 0 Å². The zero-order valence-corrected chi connectivity index (χ0v) is 16.1. The zero-order chi connectivity index (χ0) is 19.3. The third-order valence-electron chi connectivity index (χ3n) is 5.32. The minimum atomic E-state index is -1.09. The summed E-state index contributed by atoms with van der Waals surface area (Å²) in [6.45, 7) is 1.96. The van der Waals surface area contributed by atoms with Gasteiger partial charge in [-0.1, -0.05) is 18.5 Å². The molecule has 4 heterocycles. The molecule has 0 bridgehead atoms. The first-order valence-electron chi connectivity index (χ1n) is 9.30. The van der Waals surface area contributed by atoms with E-state index in [1.807, 2.05) is 37.4 Å². The number of halogens is 1. The van der Waals surface area contributed by atoms with Gasteiger partial charge >= 0.3 is 0 Å². The Morgan fingerprint density at radius 3 is 3.04 bits per heavy atom. The van der Waals surface area contributed by atoms with Crippen molar-refractivity contribution in [3.63, 3.8) is 0 Å². The molecule has 144 valence electrons. The minimum Gasteiger partial charge on any atom is -0.360 e. The van der Waals surface area contributed by atoms with Crippen LogP contribution in [0.4, 0.5) is 5.82 Å². The first kappa shape index (κ1) is 17.3. The molecular weight excluding hydrogens is 376 g/mol. The van der Waals surface area contributed by atoms with Crippen LogP contribution in [0.5, 0.6) is 0 Å². The Morgan fingerprint density at radius 2 is 2.21 bits per heavy atom. The van der Waals surface area contributed by atoms with Crippen molar-refractivity contribution in [1.82, 2.24) is 25.5 Å². The van der Waals surface area contributed by atoms with Gasteiger partial charge < -0.3 is 15.6 Å². The molecule has 0 spiro atoms. The maximum atomic E-state index is 6.61.